The summed E-state index contributed by atoms with van der Waals surface area (Å²) >= 11 is 2.02. The van der Waals surface area contributed by atoms with E-state index in [4.69, 9.17) is 0 Å². The number of carbonyl (C=O) groups excluding carboxylic acids is 1. The highest BCUT2D eigenvalue weighted by Crippen LogP contribution is 2.24. The van der Waals surface area contributed by atoms with Crippen LogP contribution in [-0.2, 0) is 4.79 Å². The van der Waals surface area contributed by atoms with Crippen LogP contribution in [0.2, 0.25) is 0 Å². The van der Waals surface area contributed by atoms with Gasteiger partial charge in [0.15, 0.2) is 0 Å². The molecule has 0 radical (unpaired) electrons. The summed E-state index contributed by atoms with van der Waals surface area (Å²) in [6.07, 6.45) is 4.65. The number of nitrogens with one attached hydrogen (secondary N) is 1. The predicted octanol–water partition coefficient (Wildman–Crippen LogP) is 2.12. The van der Waals surface area contributed by atoms with Crippen LogP contribution in [0, 0.1) is 5.92 Å². The van der Waals surface area contributed by atoms with Crippen LogP contribution in [0.5, 0.6) is 0 Å². The minimum absolute atomic E-state index is 0.0873. The zero-order valence-electron chi connectivity index (χ0n) is 11.7. The number of piperidine rings is 1. The molecular formula is C14H26N2OS. The Bertz CT molecular complexity index is 259. The maximum atomic E-state index is 12.5. The van der Waals surface area contributed by atoms with Gasteiger partial charge in [-0.25, -0.2) is 0 Å². The molecule has 2 fully saturated rings. The number of amides is 1. The van der Waals surface area contributed by atoms with Gasteiger partial charge in [0.1, 0.15) is 0 Å². The molecule has 0 saturated carbocycles. The van der Waals surface area contributed by atoms with Gasteiger partial charge in [-0.2, -0.15) is 11.8 Å². The lowest BCUT2D eigenvalue weighted by Gasteiger charge is -2.37. The molecule has 0 aromatic heterocycles. The highest BCUT2D eigenvalue weighted by Gasteiger charge is 2.31. The van der Waals surface area contributed by atoms with Crippen LogP contribution in [0.15, 0.2) is 0 Å². The Morgan fingerprint density at radius 3 is 2.94 bits per heavy atom. The average Bonchev–Trinajstić information content (AvgIpc) is 2.46. The third kappa shape index (κ3) is 3.41. The topological polar surface area (TPSA) is 32.3 Å². The molecule has 1 amide bonds. The second-order valence-electron chi connectivity index (χ2n) is 5.49. The number of rotatable bonds is 3. The summed E-state index contributed by atoms with van der Waals surface area (Å²) in [6.45, 7) is 7.36. The molecule has 4 heteroatoms. The van der Waals surface area contributed by atoms with E-state index >= 15 is 0 Å². The fourth-order valence-electron chi connectivity index (χ4n) is 2.94. The third-order valence-corrected chi connectivity index (χ3v) is 5.67. The number of thioether (sulfide) groups is 1. The summed E-state index contributed by atoms with van der Waals surface area (Å²) in [7, 11) is 0. The smallest absolute Gasteiger partial charge is 0.239 e. The van der Waals surface area contributed by atoms with Crippen molar-refractivity contribution in [1.29, 1.82) is 0 Å². The van der Waals surface area contributed by atoms with E-state index in [0.29, 0.717) is 11.2 Å². The van der Waals surface area contributed by atoms with E-state index in [1.54, 1.807) is 0 Å². The fourth-order valence-corrected chi connectivity index (χ4v) is 4.12. The van der Waals surface area contributed by atoms with Gasteiger partial charge >= 0.3 is 0 Å². The van der Waals surface area contributed by atoms with Crippen molar-refractivity contribution < 1.29 is 4.79 Å². The molecule has 2 heterocycles. The summed E-state index contributed by atoms with van der Waals surface area (Å²) in [5.41, 5.74) is 0. The maximum absolute atomic E-state index is 12.5. The van der Waals surface area contributed by atoms with Gasteiger partial charge in [-0.15, -0.1) is 0 Å². The molecule has 2 aliphatic rings. The monoisotopic (exact) mass is 270 g/mol. The minimum atomic E-state index is 0.0873. The van der Waals surface area contributed by atoms with Crippen molar-refractivity contribution in [3.8, 4) is 0 Å². The van der Waals surface area contributed by atoms with Crippen molar-refractivity contribution in [2.45, 2.75) is 50.8 Å². The standard InChI is InChI=1S/C14H26N2OS/c1-3-11-5-6-15-13(9-11)14(17)16-7-8-18-12(4-2)10-16/h11-13,15H,3-10H2,1-2H3. The molecule has 3 atom stereocenters. The highest BCUT2D eigenvalue weighted by molar-refractivity contribution is 8.00. The Hall–Kier alpha value is -0.220. The highest BCUT2D eigenvalue weighted by atomic mass is 32.2. The van der Waals surface area contributed by atoms with E-state index in [9.17, 15) is 4.79 Å². The van der Waals surface area contributed by atoms with Crippen LogP contribution in [0.3, 0.4) is 0 Å². The summed E-state index contributed by atoms with van der Waals surface area (Å²) < 4.78 is 0. The lowest BCUT2D eigenvalue weighted by atomic mass is 9.90. The first-order chi connectivity index (χ1) is 8.74. The second kappa shape index (κ2) is 6.80. The maximum Gasteiger partial charge on any atom is 0.239 e. The zero-order valence-corrected chi connectivity index (χ0v) is 12.5. The van der Waals surface area contributed by atoms with Crippen LogP contribution < -0.4 is 5.32 Å². The lowest BCUT2D eigenvalue weighted by Crippen LogP contribution is -2.53. The molecule has 0 aromatic carbocycles. The van der Waals surface area contributed by atoms with E-state index in [1.165, 1.54) is 19.3 Å². The molecule has 3 unspecified atom stereocenters. The van der Waals surface area contributed by atoms with Crippen molar-refractivity contribution in [2.24, 2.45) is 5.92 Å². The number of hydrogen-bond donors (Lipinski definition) is 1. The van der Waals surface area contributed by atoms with Gasteiger partial charge in [-0.3, -0.25) is 4.79 Å². The Balaban J connectivity index is 1.89. The van der Waals surface area contributed by atoms with Gasteiger partial charge in [0.25, 0.3) is 0 Å². The zero-order chi connectivity index (χ0) is 13.0. The number of nitrogens with zero attached hydrogens (tertiary/aromatic N) is 1. The largest absolute Gasteiger partial charge is 0.339 e. The number of hydrogen-bond acceptors (Lipinski definition) is 3. The third-order valence-electron chi connectivity index (χ3n) is 4.29. The molecular weight excluding hydrogens is 244 g/mol. The quantitative estimate of drug-likeness (QED) is 0.852. The first-order valence-corrected chi connectivity index (χ1v) is 8.43. The molecule has 2 aliphatic heterocycles. The first kappa shape index (κ1) is 14.2. The van der Waals surface area contributed by atoms with E-state index in [-0.39, 0.29) is 6.04 Å². The van der Waals surface area contributed by atoms with Crippen molar-refractivity contribution in [3.05, 3.63) is 0 Å². The van der Waals surface area contributed by atoms with Crippen LogP contribution >= 0.6 is 11.8 Å². The van der Waals surface area contributed by atoms with Gasteiger partial charge in [0, 0.05) is 24.1 Å². The van der Waals surface area contributed by atoms with Gasteiger partial charge in [-0.1, -0.05) is 20.3 Å². The van der Waals surface area contributed by atoms with Crippen molar-refractivity contribution in [3.63, 3.8) is 0 Å². The summed E-state index contributed by atoms with van der Waals surface area (Å²) in [6, 6.07) is 0.0873. The Morgan fingerprint density at radius 2 is 2.22 bits per heavy atom. The normalized spacial score (nSPS) is 33.4. The predicted molar refractivity (Wildman–Crippen MR) is 77.9 cm³/mol. The summed E-state index contributed by atoms with van der Waals surface area (Å²) in [5, 5.41) is 4.06. The summed E-state index contributed by atoms with van der Waals surface area (Å²) in [5.74, 6) is 2.20. The van der Waals surface area contributed by atoms with Gasteiger partial charge in [0.05, 0.1) is 6.04 Å². The van der Waals surface area contributed by atoms with Gasteiger partial charge in [-0.05, 0) is 31.7 Å². The molecule has 0 aromatic rings. The molecule has 2 saturated heterocycles. The molecule has 2 rings (SSSR count). The molecule has 0 bridgehead atoms. The molecule has 0 aliphatic carbocycles. The summed E-state index contributed by atoms with van der Waals surface area (Å²) in [4.78, 5) is 14.6. The minimum Gasteiger partial charge on any atom is -0.339 e. The molecule has 1 N–H and O–H groups in total. The van der Waals surface area contributed by atoms with Crippen molar-refractivity contribution in [1.82, 2.24) is 10.2 Å². The molecule has 0 spiro atoms. The van der Waals surface area contributed by atoms with Crippen LogP contribution in [0.4, 0.5) is 0 Å². The van der Waals surface area contributed by atoms with Crippen LogP contribution in [0.1, 0.15) is 39.5 Å². The van der Waals surface area contributed by atoms with Gasteiger partial charge in [0.2, 0.25) is 5.91 Å². The van der Waals surface area contributed by atoms with E-state index in [1.807, 2.05) is 11.8 Å². The van der Waals surface area contributed by atoms with Crippen molar-refractivity contribution >= 4 is 17.7 Å². The van der Waals surface area contributed by atoms with Crippen molar-refractivity contribution in [2.75, 3.05) is 25.4 Å². The SMILES string of the molecule is CCC1CCNC(C(=O)N2CCSC(CC)C2)C1. The fraction of sp³-hybridized carbons (Fsp3) is 0.929. The lowest BCUT2D eigenvalue weighted by molar-refractivity contribution is -0.134. The average molecular weight is 270 g/mol. The second-order valence-corrected chi connectivity index (χ2v) is 6.90. The number of carbonyl (C=O) groups is 1. The van der Waals surface area contributed by atoms with E-state index in [2.05, 4.69) is 24.1 Å². The van der Waals surface area contributed by atoms with E-state index in [0.717, 1.165) is 37.7 Å². The Labute approximate surface area is 115 Å². The Morgan fingerprint density at radius 1 is 1.39 bits per heavy atom. The molecule has 18 heavy (non-hydrogen) atoms. The first-order valence-electron chi connectivity index (χ1n) is 7.38. The van der Waals surface area contributed by atoms with Crippen LogP contribution in [-0.4, -0.2) is 47.5 Å². The molecule has 104 valence electrons. The van der Waals surface area contributed by atoms with Crippen LogP contribution in [0.25, 0.3) is 0 Å². The Kier molecular flexibility index (Phi) is 5.37. The van der Waals surface area contributed by atoms with Gasteiger partial charge < -0.3 is 10.2 Å². The molecule has 3 nitrogen and oxygen atoms in total. The van der Waals surface area contributed by atoms with E-state index < -0.39 is 0 Å².